The van der Waals surface area contributed by atoms with E-state index < -0.39 is 10.0 Å². The minimum absolute atomic E-state index is 0.163. The Kier molecular flexibility index (Phi) is 5.36. The average Bonchev–Trinajstić information content (AvgIpc) is 3.10. The van der Waals surface area contributed by atoms with Crippen LogP contribution >= 0.6 is 11.3 Å². The van der Waals surface area contributed by atoms with Crippen molar-refractivity contribution in [2.45, 2.75) is 61.2 Å². The topological polar surface area (TPSA) is 66.9 Å². The molecule has 1 amide bonds. The number of sulfonamides is 1. The van der Waals surface area contributed by atoms with Gasteiger partial charge in [-0.25, -0.2) is 8.42 Å². The average molecular weight is 399 g/mol. The van der Waals surface area contributed by atoms with Gasteiger partial charge in [-0.1, -0.05) is 12.8 Å². The van der Waals surface area contributed by atoms with Crippen LogP contribution in [-0.4, -0.2) is 61.9 Å². The summed E-state index contributed by atoms with van der Waals surface area (Å²) in [5, 5.41) is 0. The monoisotopic (exact) mass is 398 g/mol. The molecule has 3 aliphatic rings. The summed E-state index contributed by atoms with van der Waals surface area (Å²) in [6.45, 7) is 1.67. The van der Waals surface area contributed by atoms with Crippen LogP contribution in [0.15, 0.2) is 16.3 Å². The Morgan fingerprint density at radius 2 is 1.77 bits per heavy atom. The summed E-state index contributed by atoms with van der Waals surface area (Å²) >= 11 is 1.24. The van der Waals surface area contributed by atoms with Crippen molar-refractivity contribution in [3.63, 3.8) is 0 Å². The zero-order valence-corrected chi connectivity index (χ0v) is 16.6. The number of rotatable bonds is 6. The lowest BCUT2D eigenvalue weighted by atomic mass is 10.2. The van der Waals surface area contributed by atoms with Crippen LogP contribution in [0.1, 0.15) is 43.4 Å². The first kappa shape index (κ1) is 18.4. The van der Waals surface area contributed by atoms with Crippen molar-refractivity contribution in [1.29, 1.82) is 0 Å². The molecule has 2 saturated carbocycles. The molecule has 2 aliphatic carbocycles. The Morgan fingerprint density at radius 3 is 2.42 bits per heavy atom. The standard InChI is InChI=1S/C18H26N2O4S2/c21-17(20(15-5-6-15)14-3-1-2-4-14)13-16-7-8-18(25-16)26(22,23)19-9-11-24-12-10-19/h7-8,14-15H,1-6,9-13H2. The minimum Gasteiger partial charge on any atom is -0.379 e. The summed E-state index contributed by atoms with van der Waals surface area (Å²) in [7, 11) is -3.47. The second kappa shape index (κ2) is 7.58. The molecule has 1 aromatic heterocycles. The fraction of sp³-hybridized carbons (Fsp3) is 0.722. The van der Waals surface area contributed by atoms with E-state index in [1.54, 1.807) is 12.1 Å². The van der Waals surface area contributed by atoms with Crippen LogP contribution in [0.4, 0.5) is 0 Å². The van der Waals surface area contributed by atoms with Gasteiger partial charge < -0.3 is 9.64 Å². The maximum absolute atomic E-state index is 12.9. The molecule has 1 aliphatic heterocycles. The van der Waals surface area contributed by atoms with Gasteiger partial charge in [0.25, 0.3) is 10.0 Å². The second-order valence-corrected chi connectivity index (χ2v) is 10.7. The summed E-state index contributed by atoms with van der Waals surface area (Å²) in [6.07, 6.45) is 7.19. The van der Waals surface area contributed by atoms with Crippen LogP contribution in [0, 0.1) is 0 Å². The first-order chi connectivity index (χ1) is 12.6. The van der Waals surface area contributed by atoms with E-state index >= 15 is 0 Å². The Labute approximate surface area is 159 Å². The number of carbonyl (C=O) groups is 1. The van der Waals surface area contributed by atoms with Crippen molar-refractivity contribution in [2.24, 2.45) is 0 Å². The van der Waals surface area contributed by atoms with E-state index in [4.69, 9.17) is 4.74 Å². The summed E-state index contributed by atoms with van der Waals surface area (Å²) in [5.74, 6) is 0.163. The summed E-state index contributed by atoms with van der Waals surface area (Å²) in [4.78, 5) is 15.9. The molecule has 0 atom stereocenters. The van der Waals surface area contributed by atoms with Gasteiger partial charge in [-0.3, -0.25) is 4.79 Å². The lowest BCUT2D eigenvalue weighted by molar-refractivity contribution is -0.133. The third-order valence-corrected chi connectivity index (χ3v) is 8.92. The van der Waals surface area contributed by atoms with Crippen LogP contribution in [0.5, 0.6) is 0 Å². The zero-order valence-electron chi connectivity index (χ0n) is 14.9. The van der Waals surface area contributed by atoms with Crippen LogP contribution in [0.2, 0.25) is 0 Å². The number of hydrogen-bond donors (Lipinski definition) is 0. The molecule has 6 nitrogen and oxygen atoms in total. The first-order valence-electron chi connectivity index (χ1n) is 9.53. The molecule has 4 rings (SSSR count). The Bertz CT molecular complexity index is 745. The van der Waals surface area contributed by atoms with E-state index in [0.717, 1.165) is 30.6 Å². The van der Waals surface area contributed by atoms with E-state index in [0.29, 0.717) is 49.0 Å². The maximum Gasteiger partial charge on any atom is 0.252 e. The molecule has 0 unspecified atom stereocenters. The molecule has 144 valence electrons. The van der Waals surface area contributed by atoms with Gasteiger partial charge in [0.2, 0.25) is 5.91 Å². The summed E-state index contributed by atoms with van der Waals surface area (Å²) < 4.78 is 32.5. The highest BCUT2D eigenvalue weighted by Gasteiger charge is 2.38. The summed E-state index contributed by atoms with van der Waals surface area (Å²) in [6, 6.07) is 4.26. The largest absolute Gasteiger partial charge is 0.379 e. The number of nitrogens with zero attached hydrogens (tertiary/aromatic N) is 2. The van der Waals surface area contributed by atoms with Gasteiger partial charge in [-0.05, 0) is 37.8 Å². The van der Waals surface area contributed by atoms with Gasteiger partial charge in [0.05, 0.1) is 19.6 Å². The molecule has 3 fully saturated rings. The van der Waals surface area contributed by atoms with Gasteiger partial charge in [0.1, 0.15) is 4.21 Å². The van der Waals surface area contributed by atoms with Gasteiger partial charge in [0.15, 0.2) is 0 Å². The third kappa shape index (κ3) is 3.83. The molecule has 2 heterocycles. The molecule has 0 N–H and O–H groups in total. The van der Waals surface area contributed by atoms with E-state index in [9.17, 15) is 13.2 Å². The molecule has 0 spiro atoms. The van der Waals surface area contributed by atoms with Crippen molar-refractivity contribution in [3.05, 3.63) is 17.0 Å². The van der Waals surface area contributed by atoms with Crippen LogP contribution in [0.3, 0.4) is 0 Å². The van der Waals surface area contributed by atoms with Crippen LogP contribution in [0.25, 0.3) is 0 Å². The highest BCUT2D eigenvalue weighted by Crippen LogP contribution is 2.35. The van der Waals surface area contributed by atoms with Crippen molar-refractivity contribution in [1.82, 2.24) is 9.21 Å². The van der Waals surface area contributed by atoms with Crippen LogP contribution < -0.4 is 0 Å². The summed E-state index contributed by atoms with van der Waals surface area (Å²) in [5.41, 5.74) is 0. The molecule has 0 radical (unpaired) electrons. The zero-order chi connectivity index (χ0) is 18.1. The number of ether oxygens (including phenoxy) is 1. The van der Waals surface area contributed by atoms with Gasteiger partial charge in [0, 0.05) is 30.1 Å². The number of morpholine rings is 1. The van der Waals surface area contributed by atoms with Gasteiger partial charge in [-0.15, -0.1) is 11.3 Å². The second-order valence-electron chi connectivity index (χ2n) is 7.38. The van der Waals surface area contributed by atoms with Crippen molar-refractivity contribution in [3.8, 4) is 0 Å². The minimum atomic E-state index is -3.47. The van der Waals surface area contributed by atoms with E-state index in [1.165, 1.54) is 28.5 Å². The Balaban J connectivity index is 1.45. The molecule has 1 aromatic rings. The molecule has 0 aromatic carbocycles. The lowest BCUT2D eigenvalue weighted by Gasteiger charge is -2.29. The predicted octanol–water partition coefficient (Wildman–Crippen LogP) is 2.25. The normalized spacial score (nSPS) is 22.6. The van der Waals surface area contributed by atoms with E-state index in [2.05, 4.69) is 4.90 Å². The van der Waals surface area contributed by atoms with E-state index in [1.807, 2.05) is 0 Å². The molecule has 26 heavy (non-hydrogen) atoms. The smallest absolute Gasteiger partial charge is 0.252 e. The number of amides is 1. The third-order valence-electron chi connectivity index (χ3n) is 5.47. The molecular weight excluding hydrogens is 372 g/mol. The Morgan fingerprint density at radius 1 is 1.12 bits per heavy atom. The number of carbonyl (C=O) groups excluding carboxylic acids is 1. The van der Waals surface area contributed by atoms with Crippen molar-refractivity contribution in [2.75, 3.05) is 26.3 Å². The molecule has 8 heteroatoms. The number of hydrogen-bond acceptors (Lipinski definition) is 5. The number of thiophene rings is 1. The SMILES string of the molecule is O=C(Cc1ccc(S(=O)(=O)N2CCOCC2)s1)N(C1CCCC1)C1CC1. The fourth-order valence-corrected chi connectivity index (χ4v) is 6.90. The van der Waals surface area contributed by atoms with Gasteiger partial charge >= 0.3 is 0 Å². The fourth-order valence-electron chi connectivity index (χ4n) is 3.99. The highest BCUT2D eigenvalue weighted by atomic mass is 32.2. The van der Waals surface area contributed by atoms with Gasteiger partial charge in [-0.2, -0.15) is 4.31 Å². The Hall–Kier alpha value is -0.960. The maximum atomic E-state index is 12.9. The van der Waals surface area contributed by atoms with Crippen LogP contribution in [-0.2, 0) is 26.0 Å². The first-order valence-corrected chi connectivity index (χ1v) is 11.8. The lowest BCUT2D eigenvalue weighted by Crippen LogP contribution is -2.41. The molecule has 1 saturated heterocycles. The molecular formula is C18H26N2O4S2. The molecule has 0 bridgehead atoms. The predicted molar refractivity (Wildman–Crippen MR) is 99.7 cm³/mol. The highest BCUT2D eigenvalue weighted by molar-refractivity contribution is 7.91. The van der Waals surface area contributed by atoms with E-state index in [-0.39, 0.29) is 5.91 Å². The quantitative estimate of drug-likeness (QED) is 0.737. The van der Waals surface area contributed by atoms with Crippen molar-refractivity contribution >= 4 is 27.3 Å². The van der Waals surface area contributed by atoms with Crippen molar-refractivity contribution < 1.29 is 17.9 Å².